The fraction of sp³-hybridized carbons (Fsp3) is 0.556. The van der Waals surface area contributed by atoms with E-state index >= 15 is 0 Å². The number of rotatable bonds is 3. The summed E-state index contributed by atoms with van der Waals surface area (Å²) in [5, 5.41) is 19.6. The van der Waals surface area contributed by atoms with Gasteiger partial charge in [0, 0.05) is 17.8 Å². The van der Waals surface area contributed by atoms with E-state index in [0.717, 1.165) is 6.42 Å². The van der Waals surface area contributed by atoms with Gasteiger partial charge in [0.05, 0.1) is 22.8 Å². The van der Waals surface area contributed by atoms with Gasteiger partial charge in [-0.25, -0.2) is 9.59 Å². The van der Waals surface area contributed by atoms with Gasteiger partial charge in [0.2, 0.25) is 0 Å². The van der Waals surface area contributed by atoms with Crippen molar-refractivity contribution >= 4 is 11.9 Å². The predicted molar refractivity (Wildman–Crippen MR) is 82.7 cm³/mol. The van der Waals surface area contributed by atoms with E-state index in [1.807, 2.05) is 13.8 Å². The second kappa shape index (κ2) is 5.04. The van der Waals surface area contributed by atoms with Crippen molar-refractivity contribution in [2.75, 3.05) is 0 Å². The minimum atomic E-state index is -1.16. The molecule has 2 saturated heterocycles. The van der Waals surface area contributed by atoms with Crippen LogP contribution in [0.4, 0.5) is 0 Å². The largest absolute Gasteiger partial charge is 0.478 e. The average molecular weight is 332 g/mol. The first kappa shape index (κ1) is 15.6. The molecular weight excluding hydrogens is 312 g/mol. The Hall–Kier alpha value is -1.92. The Morgan fingerprint density at radius 2 is 1.92 bits per heavy atom. The molecule has 0 aromatic heterocycles. The summed E-state index contributed by atoms with van der Waals surface area (Å²) in [7, 11) is 0. The molecule has 3 fully saturated rings. The lowest BCUT2D eigenvalue weighted by Crippen LogP contribution is -2.49. The van der Waals surface area contributed by atoms with Gasteiger partial charge in [-0.3, -0.25) is 0 Å². The van der Waals surface area contributed by atoms with Gasteiger partial charge in [-0.1, -0.05) is 26.0 Å². The van der Waals surface area contributed by atoms with Crippen LogP contribution in [0.25, 0.3) is 0 Å². The number of esters is 1. The zero-order chi connectivity index (χ0) is 17.2. The van der Waals surface area contributed by atoms with Crippen LogP contribution in [0, 0.1) is 17.8 Å². The second-order valence-corrected chi connectivity index (χ2v) is 7.21. The van der Waals surface area contributed by atoms with Crippen LogP contribution in [0.1, 0.15) is 41.0 Å². The van der Waals surface area contributed by atoms with Crippen molar-refractivity contribution in [3.05, 3.63) is 35.4 Å². The Bertz CT molecular complexity index is 715. The molecule has 0 radical (unpaired) electrons. The zero-order valence-electron chi connectivity index (χ0n) is 13.5. The Morgan fingerprint density at radius 1 is 1.25 bits per heavy atom. The van der Waals surface area contributed by atoms with Crippen molar-refractivity contribution in [1.82, 2.24) is 0 Å². The molecule has 1 aliphatic carbocycles. The molecule has 7 atom stereocenters. The minimum absolute atomic E-state index is 0.00348. The number of carboxylic acids is 1. The number of hydrogen-bond donors (Lipinski definition) is 2. The normalized spacial score (nSPS) is 42.3. The monoisotopic (exact) mass is 332 g/mol. The van der Waals surface area contributed by atoms with Crippen molar-refractivity contribution in [2.45, 2.75) is 44.2 Å². The highest BCUT2D eigenvalue weighted by Crippen LogP contribution is 2.66. The average Bonchev–Trinajstić information content (AvgIpc) is 3.22. The number of aliphatic hydroxyl groups excluding tert-OH is 1. The first-order chi connectivity index (χ1) is 11.4. The summed E-state index contributed by atoms with van der Waals surface area (Å²) >= 11 is 0. The molecule has 2 N–H and O–H groups in total. The summed E-state index contributed by atoms with van der Waals surface area (Å²) in [4.78, 5) is 23.8. The van der Waals surface area contributed by atoms with Crippen molar-refractivity contribution in [3.8, 4) is 0 Å². The lowest BCUT2D eigenvalue weighted by Gasteiger charge is -2.40. The topological polar surface area (TPSA) is 93.1 Å². The van der Waals surface area contributed by atoms with Crippen LogP contribution >= 0.6 is 0 Å². The summed E-state index contributed by atoms with van der Waals surface area (Å²) in [6, 6.07) is 6.02. The smallest absolute Gasteiger partial charge is 0.339 e. The summed E-state index contributed by atoms with van der Waals surface area (Å²) in [5.74, 6) is -1.86. The third kappa shape index (κ3) is 1.96. The number of benzene rings is 1. The van der Waals surface area contributed by atoms with Crippen LogP contribution in [0.3, 0.4) is 0 Å². The standard InChI is InChI=1S/C18H20O6/c1-8-13(19)9(2)18-7-12(18)15(14(8)24-18)23-17(22)11-6-4-3-5-10(11)16(20)21/h3-6,8-9,12-15,19H,7H2,1-2H3,(H,20,21)/t8?,9?,12-,13?,14+,15-,18?/m1/s1. The highest BCUT2D eigenvalue weighted by molar-refractivity contribution is 6.02. The number of carbonyl (C=O) groups is 2. The van der Waals surface area contributed by atoms with E-state index in [-0.39, 0.29) is 40.6 Å². The lowest BCUT2D eigenvalue weighted by molar-refractivity contribution is -0.169. The first-order valence-electron chi connectivity index (χ1n) is 8.26. The molecule has 1 saturated carbocycles. The molecule has 4 rings (SSSR count). The Morgan fingerprint density at radius 3 is 2.58 bits per heavy atom. The lowest BCUT2D eigenvalue weighted by atomic mass is 9.83. The van der Waals surface area contributed by atoms with E-state index in [0.29, 0.717) is 0 Å². The van der Waals surface area contributed by atoms with Crippen LogP contribution < -0.4 is 0 Å². The Kier molecular flexibility index (Phi) is 3.27. The molecular formula is C18H20O6. The molecule has 1 aromatic carbocycles. The molecule has 24 heavy (non-hydrogen) atoms. The van der Waals surface area contributed by atoms with Crippen molar-refractivity contribution in [1.29, 1.82) is 0 Å². The molecule has 1 spiro atoms. The van der Waals surface area contributed by atoms with Gasteiger partial charge in [0.15, 0.2) is 0 Å². The van der Waals surface area contributed by atoms with Gasteiger partial charge in [-0.2, -0.15) is 0 Å². The number of hydrogen-bond acceptors (Lipinski definition) is 5. The number of fused-ring (bicyclic) bond motifs is 1. The molecule has 2 bridgehead atoms. The van der Waals surface area contributed by atoms with Gasteiger partial charge in [-0.15, -0.1) is 0 Å². The van der Waals surface area contributed by atoms with E-state index in [4.69, 9.17) is 9.47 Å². The second-order valence-electron chi connectivity index (χ2n) is 7.21. The van der Waals surface area contributed by atoms with Crippen LogP contribution in [0.2, 0.25) is 0 Å². The number of carboxylic acid groups (broad SMARTS) is 1. The van der Waals surface area contributed by atoms with E-state index in [2.05, 4.69) is 0 Å². The summed E-state index contributed by atoms with van der Waals surface area (Å²) in [6.07, 6.45) is -0.485. The molecule has 4 unspecified atom stereocenters. The number of aliphatic hydroxyl groups is 1. The quantitative estimate of drug-likeness (QED) is 0.819. The molecule has 2 heterocycles. The fourth-order valence-electron chi connectivity index (χ4n) is 4.52. The van der Waals surface area contributed by atoms with E-state index in [1.165, 1.54) is 12.1 Å². The number of aromatic carboxylic acids is 1. The maximum absolute atomic E-state index is 12.5. The van der Waals surface area contributed by atoms with Crippen LogP contribution in [-0.2, 0) is 9.47 Å². The van der Waals surface area contributed by atoms with Gasteiger partial charge in [-0.05, 0) is 18.6 Å². The summed E-state index contributed by atoms with van der Waals surface area (Å²) in [5.41, 5.74) is -0.410. The third-order valence-electron chi connectivity index (χ3n) is 6.04. The van der Waals surface area contributed by atoms with Crippen LogP contribution in [0.5, 0.6) is 0 Å². The third-order valence-corrected chi connectivity index (χ3v) is 6.04. The molecule has 128 valence electrons. The Labute approximate surface area is 139 Å². The molecule has 3 aliphatic rings. The molecule has 0 amide bonds. The summed E-state index contributed by atoms with van der Waals surface area (Å²) in [6.45, 7) is 3.87. The number of carbonyl (C=O) groups excluding carboxylic acids is 1. The first-order valence-corrected chi connectivity index (χ1v) is 8.26. The predicted octanol–water partition coefficient (Wildman–Crippen LogP) is 1.71. The van der Waals surface area contributed by atoms with Gasteiger partial charge >= 0.3 is 11.9 Å². The van der Waals surface area contributed by atoms with E-state index in [9.17, 15) is 19.8 Å². The maximum atomic E-state index is 12.5. The zero-order valence-corrected chi connectivity index (χ0v) is 13.5. The molecule has 1 aromatic rings. The number of ether oxygens (including phenoxy) is 2. The maximum Gasteiger partial charge on any atom is 0.339 e. The van der Waals surface area contributed by atoms with Crippen molar-refractivity contribution < 1.29 is 29.3 Å². The highest BCUT2D eigenvalue weighted by atomic mass is 16.6. The SMILES string of the molecule is CC1C(O)C(C)C23C[C@@H]2[C@@H](OC(=O)c2ccccc2C(=O)O)[C@H]1O3. The summed E-state index contributed by atoms with van der Waals surface area (Å²) < 4.78 is 11.8. The van der Waals surface area contributed by atoms with E-state index < -0.39 is 24.1 Å². The minimum Gasteiger partial charge on any atom is -0.478 e. The molecule has 6 nitrogen and oxygen atoms in total. The Balaban J connectivity index is 1.59. The van der Waals surface area contributed by atoms with Crippen LogP contribution in [-0.4, -0.2) is 46.1 Å². The van der Waals surface area contributed by atoms with Gasteiger partial charge < -0.3 is 19.7 Å². The van der Waals surface area contributed by atoms with Crippen molar-refractivity contribution in [3.63, 3.8) is 0 Å². The molecule has 6 heteroatoms. The van der Waals surface area contributed by atoms with Gasteiger partial charge in [0.25, 0.3) is 0 Å². The molecule has 2 aliphatic heterocycles. The van der Waals surface area contributed by atoms with Crippen LogP contribution in [0.15, 0.2) is 24.3 Å². The van der Waals surface area contributed by atoms with E-state index in [1.54, 1.807) is 12.1 Å². The highest BCUT2D eigenvalue weighted by Gasteiger charge is 2.75. The van der Waals surface area contributed by atoms with Gasteiger partial charge in [0.1, 0.15) is 12.2 Å². The van der Waals surface area contributed by atoms with Crippen molar-refractivity contribution in [2.24, 2.45) is 17.8 Å². The fourth-order valence-corrected chi connectivity index (χ4v) is 4.52.